The van der Waals surface area contributed by atoms with Gasteiger partial charge in [0, 0.05) is 41.7 Å². The van der Waals surface area contributed by atoms with Crippen molar-refractivity contribution in [1.82, 2.24) is 20.4 Å². The number of benzene rings is 2. The van der Waals surface area contributed by atoms with Crippen LogP contribution in [-0.2, 0) is 11.3 Å². The summed E-state index contributed by atoms with van der Waals surface area (Å²) in [6.07, 6.45) is 9.08. The highest BCUT2D eigenvalue weighted by atomic mass is 16.5. The Balaban J connectivity index is 1.16. The molecule has 2 aromatic carbocycles. The van der Waals surface area contributed by atoms with Gasteiger partial charge >= 0.3 is 0 Å². The predicted molar refractivity (Wildman–Crippen MR) is 142 cm³/mol. The van der Waals surface area contributed by atoms with Gasteiger partial charge in [0.25, 0.3) is 5.91 Å². The van der Waals surface area contributed by atoms with Crippen molar-refractivity contribution in [3.05, 3.63) is 78.0 Å². The van der Waals surface area contributed by atoms with Gasteiger partial charge in [-0.25, -0.2) is 0 Å². The number of aromatic amines is 1. The second kappa shape index (κ2) is 13.5. The maximum atomic E-state index is 12.5. The molecule has 0 radical (unpaired) electrons. The van der Waals surface area contributed by atoms with Crippen molar-refractivity contribution >= 4 is 11.6 Å². The number of nitrogens with zero attached hydrogens (tertiary/aromatic N) is 2. The van der Waals surface area contributed by atoms with Crippen LogP contribution in [0.3, 0.4) is 0 Å². The highest BCUT2D eigenvalue weighted by Gasteiger charge is 2.11. The van der Waals surface area contributed by atoms with E-state index in [4.69, 9.17) is 15.2 Å². The summed E-state index contributed by atoms with van der Waals surface area (Å²) in [4.78, 5) is 15.0. The van der Waals surface area contributed by atoms with Gasteiger partial charge in [0.15, 0.2) is 0 Å². The fourth-order valence-electron chi connectivity index (χ4n) is 4.22. The second-order valence-electron chi connectivity index (χ2n) is 8.87. The van der Waals surface area contributed by atoms with Crippen LogP contribution in [-0.4, -0.2) is 60.4 Å². The van der Waals surface area contributed by atoms with Crippen LogP contribution in [0.5, 0.6) is 5.75 Å². The molecule has 1 saturated heterocycles. The van der Waals surface area contributed by atoms with E-state index >= 15 is 0 Å². The van der Waals surface area contributed by atoms with Crippen molar-refractivity contribution in [3.8, 4) is 17.0 Å². The highest BCUT2D eigenvalue weighted by Crippen LogP contribution is 2.23. The van der Waals surface area contributed by atoms with E-state index in [1.54, 1.807) is 12.3 Å². The lowest BCUT2D eigenvalue weighted by Gasteiger charge is -2.16. The van der Waals surface area contributed by atoms with E-state index in [0.29, 0.717) is 37.6 Å². The number of amides is 1. The summed E-state index contributed by atoms with van der Waals surface area (Å²) in [5.74, 6) is 0.687. The van der Waals surface area contributed by atoms with Crippen LogP contribution in [0.4, 0.5) is 5.69 Å². The highest BCUT2D eigenvalue weighted by molar-refractivity contribution is 5.95. The molecular weight excluding hydrogens is 454 g/mol. The molecule has 1 aliphatic rings. The second-order valence-corrected chi connectivity index (χ2v) is 8.87. The first kappa shape index (κ1) is 25.5. The number of nitrogen functional groups attached to an aromatic ring is 1. The van der Waals surface area contributed by atoms with Gasteiger partial charge < -0.3 is 25.4 Å². The molecular formula is C28H35N5O3. The van der Waals surface area contributed by atoms with Gasteiger partial charge in [-0.2, -0.15) is 5.10 Å². The van der Waals surface area contributed by atoms with Crippen molar-refractivity contribution in [3.63, 3.8) is 0 Å². The fourth-order valence-corrected chi connectivity index (χ4v) is 4.22. The zero-order chi connectivity index (χ0) is 25.0. The summed E-state index contributed by atoms with van der Waals surface area (Å²) in [5.41, 5.74) is 9.99. The summed E-state index contributed by atoms with van der Waals surface area (Å²) in [7, 11) is 0. The van der Waals surface area contributed by atoms with Crippen LogP contribution in [0, 0.1) is 0 Å². The van der Waals surface area contributed by atoms with Gasteiger partial charge in [-0.1, -0.05) is 24.3 Å². The van der Waals surface area contributed by atoms with Crippen molar-refractivity contribution in [1.29, 1.82) is 0 Å². The molecule has 4 rings (SSSR count). The van der Waals surface area contributed by atoms with Crippen LogP contribution < -0.4 is 15.8 Å². The van der Waals surface area contributed by atoms with Crippen LogP contribution >= 0.6 is 0 Å². The number of nitrogens with two attached hydrogens (primary N) is 1. The number of likely N-dealkylation sites (tertiary alicyclic amines) is 1. The number of aromatic nitrogens is 2. The number of ether oxygens (including phenoxy) is 2. The lowest BCUT2D eigenvalue weighted by molar-refractivity contribution is 0.0957. The molecule has 36 heavy (non-hydrogen) atoms. The number of rotatable bonds is 13. The Morgan fingerprint density at radius 2 is 2.03 bits per heavy atom. The Labute approximate surface area is 212 Å². The SMILES string of the molecule is Nc1ccc(OCCCN2CCCC2)c(COC/C=C/CNC(=O)c2cccc(-c3ccn[nH]3)c2)c1. The molecule has 190 valence electrons. The van der Waals surface area contributed by atoms with E-state index in [0.717, 1.165) is 35.5 Å². The molecule has 2 heterocycles. The standard InChI is InChI=1S/C28H35N5O3/c29-25-9-10-27(36-18-6-16-33-14-2-3-15-33)24(20-25)21-35-17-4-1-12-30-28(34)23-8-5-7-22(19-23)26-11-13-31-32-26/h1,4-5,7-11,13,19-20H,2-3,6,12,14-18,21,29H2,(H,30,34)(H,31,32)/b4-1+. The van der Waals surface area contributed by atoms with E-state index in [1.165, 1.54) is 25.9 Å². The maximum Gasteiger partial charge on any atom is 0.251 e. The molecule has 1 fully saturated rings. The van der Waals surface area contributed by atoms with Crippen molar-refractivity contribution in [2.45, 2.75) is 25.9 Å². The van der Waals surface area contributed by atoms with Crippen molar-refractivity contribution in [2.75, 3.05) is 45.1 Å². The zero-order valence-electron chi connectivity index (χ0n) is 20.6. The largest absolute Gasteiger partial charge is 0.493 e. The van der Waals surface area contributed by atoms with E-state index in [1.807, 2.05) is 54.6 Å². The smallest absolute Gasteiger partial charge is 0.251 e. The van der Waals surface area contributed by atoms with Gasteiger partial charge in [-0.05, 0) is 68.8 Å². The first-order valence-electron chi connectivity index (χ1n) is 12.5. The van der Waals surface area contributed by atoms with Crippen molar-refractivity contribution in [2.24, 2.45) is 0 Å². The first-order valence-corrected chi connectivity index (χ1v) is 12.5. The Kier molecular flexibility index (Phi) is 9.53. The third-order valence-corrected chi connectivity index (χ3v) is 6.11. The quantitative estimate of drug-likeness (QED) is 0.190. The molecule has 1 aliphatic heterocycles. The van der Waals surface area contributed by atoms with Gasteiger partial charge in [0.2, 0.25) is 0 Å². The third kappa shape index (κ3) is 7.69. The molecule has 1 amide bonds. The zero-order valence-corrected chi connectivity index (χ0v) is 20.6. The molecule has 0 saturated carbocycles. The Hall–Kier alpha value is -3.62. The van der Waals surface area contributed by atoms with E-state index in [9.17, 15) is 4.79 Å². The van der Waals surface area contributed by atoms with E-state index < -0.39 is 0 Å². The normalized spacial score (nSPS) is 13.9. The average Bonchev–Trinajstić information content (AvgIpc) is 3.62. The van der Waals surface area contributed by atoms with Gasteiger partial charge in [0.05, 0.1) is 25.5 Å². The lowest BCUT2D eigenvalue weighted by atomic mass is 10.1. The minimum atomic E-state index is -0.131. The monoisotopic (exact) mass is 489 g/mol. The van der Waals surface area contributed by atoms with Crippen LogP contribution in [0.15, 0.2) is 66.9 Å². The van der Waals surface area contributed by atoms with Crippen LogP contribution in [0.2, 0.25) is 0 Å². The number of nitrogens with one attached hydrogen (secondary N) is 2. The number of H-pyrrole nitrogens is 1. The predicted octanol–water partition coefficient (Wildman–Crippen LogP) is 4.03. The number of hydrogen-bond donors (Lipinski definition) is 3. The summed E-state index contributed by atoms with van der Waals surface area (Å²) in [6, 6.07) is 15.0. The van der Waals surface area contributed by atoms with Gasteiger partial charge in [0.1, 0.15) is 5.75 Å². The van der Waals surface area contributed by atoms with E-state index in [2.05, 4.69) is 20.4 Å². The third-order valence-electron chi connectivity index (χ3n) is 6.11. The Morgan fingerprint density at radius 1 is 1.14 bits per heavy atom. The van der Waals surface area contributed by atoms with Gasteiger partial charge in [-0.3, -0.25) is 9.89 Å². The first-order chi connectivity index (χ1) is 17.7. The molecule has 0 spiro atoms. The Morgan fingerprint density at radius 3 is 2.86 bits per heavy atom. The number of anilines is 1. The minimum Gasteiger partial charge on any atom is -0.493 e. The molecule has 3 aromatic rings. The topological polar surface area (TPSA) is 106 Å². The number of carbonyl (C=O) groups excluding carboxylic acids is 1. The van der Waals surface area contributed by atoms with Crippen LogP contribution in [0.25, 0.3) is 11.3 Å². The molecule has 0 bridgehead atoms. The summed E-state index contributed by atoms with van der Waals surface area (Å²) < 4.78 is 11.8. The molecule has 8 nitrogen and oxygen atoms in total. The minimum absolute atomic E-state index is 0.131. The number of hydrogen-bond acceptors (Lipinski definition) is 6. The van der Waals surface area contributed by atoms with Gasteiger partial charge in [-0.15, -0.1) is 0 Å². The van der Waals surface area contributed by atoms with Crippen LogP contribution in [0.1, 0.15) is 35.2 Å². The number of carbonyl (C=O) groups is 1. The fraction of sp³-hybridized carbons (Fsp3) is 0.357. The lowest BCUT2D eigenvalue weighted by Crippen LogP contribution is -2.23. The maximum absolute atomic E-state index is 12.5. The van der Waals surface area contributed by atoms with Crippen molar-refractivity contribution < 1.29 is 14.3 Å². The molecule has 8 heteroatoms. The summed E-state index contributed by atoms with van der Waals surface area (Å²) >= 11 is 0. The molecule has 0 atom stereocenters. The summed E-state index contributed by atoms with van der Waals surface area (Å²) in [5, 5.41) is 9.76. The molecule has 4 N–H and O–H groups in total. The Bertz CT molecular complexity index is 1120. The summed E-state index contributed by atoms with van der Waals surface area (Å²) in [6.45, 7) is 5.42. The average molecular weight is 490 g/mol. The molecule has 0 unspecified atom stereocenters. The molecule has 0 aliphatic carbocycles. The molecule has 1 aromatic heterocycles. The van der Waals surface area contributed by atoms with E-state index in [-0.39, 0.29) is 5.91 Å².